The summed E-state index contributed by atoms with van der Waals surface area (Å²) in [6.07, 6.45) is 1.14. The third-order valence-electron chi connectivity index (χ3n) is 6.62. The monoisotopic (exact) mass is 505 g/mol. The molecule has 0 saturated carbocycles. The lowest BCUT2D eigenvalue weighted by Gasteiger charge is -2.23. The number of likely N-dealkylation sites (N-methyl/N-ethyl adjacent to an activating group) is 1. The van der Waals surface area contributed by atoms with Crippen LogP contribution in [0.3, 0.4) is 0 Å². The van der Waals surface area contributed by atoms with Gasteiger partial charge in [0.25, 0.3) is 5.91 Å². The number of ether oxygens (including phenoxy) is 3. The summed E-state index contributed by atoms with van der Waals surface area (Å²) in [5, 5.41) is 3.10. The highest BCUT2D eigenvalue weighted by atomic mass is 16.5. The Morgan fingerprint density at radius 1 is 1.14 bits per heavy atom. The van der Waals surface area contributed by atoms with Crippen LogP contribution in [0.25, 0.3) is 0 Å². The zero-order chi connectivity index (χ0) is 25.9. The van der Waals surface area contributed by atoms with Gasteiger partial charge in [-0.25, -0.2) is 4.98 Å². The molecule has 10 heteroatoms. The molecular formula is C27H31N5O5. The van der Waals surface area contributed by atoms with Crippen LogP contribution in [0, 0.1) is 6.92 Å². The molecule has 1 saturated heterocycles. The van der Waals surface area contributed by atoms with E-state index in [0.29, 0.717) is 54.9 Å². The number of aryl methyl sites for hydroxylation is 1. The van der Waals surface area contributed by atoms with E-state index in [1.807, 2.05) is 61.3 Å². The summed E-state index contributed by atoms with van der Waals surface area (Å²) in [7, 11) is 3.49. The first-order valence-electron chi connectivity index (χ1n) is 12.2. The highest BCUT2D eigenvalue weighted by molar-refractivity contribution is 5.93. The molecule has 5 rings (SSSR count). The molecule has 1 fully saturated rings. The molecule has 194 valence electrons. The van der Waals surface area contributed by atoms with Gasteiger partial charge in [-0.3, -0.25) is 14.5 Å². The number of benzene rings is 2. The van der Waals surface area contributed by atoms with E-state index in [9.17, 15) is 9.59 Å². The van der Waals surface area contributed by atoms with Crippen molar-refractivity contribution in [1.82, 2.24) is 25.1 Å². The number of hydrogen-bond acceptors (Lipinski definition) is 7. The molecule has 2 atom stereocenters. The Labute approximate surface area is 215 Å². The number of aromatic amines is 1. The minimum absolute atomic E-state index is 0.134. The number of nitrogens with one attached hydrogen (secondary N) is 2. The zero-order valence-electron chi connectivity index (χ0n) is 21.2. The van der Waals surface area contributed by atoms with Gasteiger partial charge in [0, 0.05) is 25.3 Å². The van der Waals surface area contributed by atoms with Crippen LogP contribution in [0.2, 0.25) is 0 Å². The Kier molecular flexibility index (Phi) is 7.11. The molecule has 4 bridgehead atoms. The Morgan fingerprint density at radius 2 is 2.00 bits per heavy atom. The SMILES string of the molecule is COc1ccc2cc1Oc1cccc(c1)CO[C@H]1CN(C(=O)c3nc[nH]c3C)C[C@@H]1NC(=O)CN(C)C2. The van der Waals surface area contributed by atoms with Crippen LogP contribution < -0.4 is 14.8 Å². The van der Waals surface area contributed by atoms with Crippen molar-refractivity contribution in [2.24, 2.45) is 0 Å². The predicted octanol–water partition coefficient (Wildman–Crippen LogP) is 2.49. The largest absolute Gasteiger partial charge is 0.493 e. The molecule has 2 N–H and O–H groups in total. The number of H-pyrrole nitrogens is 1. The van der Waals surface area contributed by atoms with Gasteiger partial charge in [0.15, 0.2) is 11.5 Å². The van der Waals surface area contributed by atoms with Gasteiger partial charge in [-0.2, -0.15) is 0 Å². The molecule has 37 heavy (non-hydrogen) atoms. The Bertz CT molecular complexity index is 1290. The molecule has 1 aromatic heterocycles. The molecule has 2 aliphatic heterocycles. The van der Waals surface area contributed by atoms with Crippen molar-refractivity contribution < 1.29 is 23.8 Å². The first-order valence-corrected chi connectivity index (χ1v) is 12.2. The van der Waals surface area contributed by atoms with Crippen LogP contribution in [0.5, 0.6) is 17.2 Å². The highest BCUT2D eigenvalue weighted by Gasteiger charge is 2.38. The van der Waals surface area contributed by atoms with E-state index in [2.05, 4.69) is 15.3 Å². The van der Waals surface area contributed by atoms with E-state index in [4.69, 9.17) is 14.2 Å². The van der Waals surface area contributed by atoms with Crippen molar-refractivity contribution in [3.63, 3.8) is 0 Å². The van der Waals surface area contributed by atoms with E-state index >= 15 is 0 Å². The summed E-state index contributed by atoms with van der Waals surface area (Å²) in [6.45, 7) is 3.54. The van der Waals surface area contributed by atoms with E-state index in [-0.39, 0.29) is 30.5 Å². The van der Waals surface area contributed by atoms with E-state index in [1.54, 1.807) is 12.0 Å². The molecule has 0 unspecified atom stereocenters. The number of imidazole rings is 1. The van der Waals surface area contributed by atoms with Crippen molar-refractivity contribution in [2.45, 2.75) is 32.2 Å². The number of likely N-dealkylation sites (tertiary alicyclic amines) is 1. The first-order chi connectivity index (χ1) is 17.9. The van der Waals surface area contributed by atoms with Crippen molar-refractivity contribution in [1.29, 1.82) is 0 Å². The minimum Gasteiger partial charge on any atom is -0.493 e. The number of amides is 2. The predicted molar refractivity (Wildman–Crippen MR) is 136 cm³/mol. The van der Waals surface area contributed by atoms with Gasteiger partial charge in [-0.15, -0.1) is 0 Å². The van der Waals surface area contributed by atoms with Crippen LogP contribution in [0.15, 0.2) is 48.8 Å². The third-order valence-corrected chi connectivity index (χ3v) is 6.62. The Morgan fingerprint density at radius 3 is 2.78 bits per heavy atom. The fraction of sp³-hybridized carbons (Fsp3) is 0.370. The molecule has 10 nitrogen and oxygen atoms in total. The number of fused-ring (bicyclic) bond motifs is 5. The van der Waals surface area contributed by atoms with Gasteiger partial charge >= 0.3 is 0 Å². The molecule has 0 aliphatic carbocycles. The van der Waals surface area contributed by atoms with Crippen LogP contribution in [-0.2, 0) is 22.7 Å². The van der Waals surface area contributed by atoms with Gasteiger partial charge in [0.1, 0.15) is 11.4 Å². The molecule has 2 aromatic carbocycles. The summed E-state index contributed by atoms with van der Waals surface area (Å²) in [6, 6.07) is 13.1. The number of hydrogen-bond donors (Lipinski definition) is 2. The lowest BCUT2D eigenvalue weighted by atomic mass is 10.1. The van der Waals surface area contributed by atoms with E-state index in [1.165, 1.54) is 6.33 Å². The quantitative estimate of drug-likeness (QED) is 0.551. The molecule has 2 amide bonds. The third kappa shape index (κ3) is 5.60. The van der Waals surface area contributed by atoms with Crippen LogP contribution in [0.4, 0.5) is 0 Å². The van der Waals surface area contributed by atoms with Crippen molar-refractivity contribution in [2.75, 3.05) is 33.8 Å². The van der Waals surface area contributed by atoms with Crippen molar-refractivity contribution >= 4 is 11.8 Å². The van der Waals surface area contributed by atoms with Crippen molar-refractivity contribution in [3.05, 3.63) is 71.3 Å². The number of carbonyl (C=O) groups excluding carboxylic acids is 2. The van der Waals surface area contributed by atoms with Crippen LogP contribution >= 0.6 is 0 Å². The van der Waals surface area contributed by atoms with Crippen molar-refractivity contribution in [3.8, 4) is 17.2 Å². The lowest BCUT2D eigenvalue weighted by Crippen LogP contribution is -2.47. The normalized spacial score (nSPS) is 20.6. The van der Waals surface area contributed by atoms with Crippen LogP contribution in [0.1, 0.15) is 27.3 Å². The number of rotatable bonds is 2. The number of aromatic nitrogens is 2. The van der Waals surface area contributed by atoms with Gasteiger partial charge in [0.05, 0.1) is 38.7 Å². The standard InChI is InChI=1S/C27H31N5O5/c1-17-26(29-16-28-17)27(34)32-12-21-24(13-32)36-15-19-5-4-6-20(9-19)37-23-10-18(7-8-22(23)35-3)11-31(2)14-25(33)30-21/h4-10,16,21,24H,11-15H2,1-3H3,(H,28,29)(H,30,33)/t21-,24-/m0/s1. The molecule has 3 aromatic rings. The molecule has 2 aliphatic rings. The zero-order valence-corrected chi connectivity index (χ0v) is 21.2. The fourth-order valence-corrected chi connectivity index (χ4v) is 4.76. The fourth-order valence-electron chi connectivity index (χ4n) is 4.76. The average Bonchev–Trinajstić information content (AvgIpc) is 3.48. The smallest absolute Gasteiger partial charge is 0.274 e. The molecule has 3 heterocycles. The molecular weight excluding hydrogens is 474 g/mol. The molecule has 0 radical (unpaired) electrons. The summed E-state index contributed by atoms with van der Waals surface area (Å²) in [5.74, 6) is 1.57. The lowest BCUT2D eigenvalue weighted by molar-refractivity contribution is -0.123. The second-order valence-electron chi connectivity index (χ2n) is 9.52. The maximum absolute atomic E-state index is 13.1. The Hall–Kier alpha value is -3.89. The second kappa shape index (κ2) is 10.6. The first kappa shape index (κ1) is 24.8. The minimum atomic E-state index is -0.372. The van der Waals surface area contributed by atoms with Gasteiger partial charge in [-0.05, 0) is 49.4 Å². The van der Waals surface area contributed by atoms with Crippen LogP contribution in [-0.4, -0.2) is 77.5 Å². The summed E-state index contributed by atoms with van der Waals surface area (Å²) in [4.78, 5) is 36.8. The number of carbonyl (C=O) groups is 2. The number of nitrogens with zero attached hydrogens (tertiary/aromatic N) is 3. The van der Waals surface area contributed by atoms with Gasteiger partial charge < -0.3 is 29.4 Å². The summed E-state index contributed by atoms with van der Waals surface area (Å²) >= 11 is 0. The number of methoxy groups -OCH3 is 1. The van der Waals surface area contributed by atoms with Gasteiger partial charge in [-0.1, -0.05) is 18.2 Å². The second-order valence-corrected chi connectivity index (χ2v) is 9.52. The summed E-state index contributed by atoms with van der Waals surface area (Å²) < 4.78 is 17.9. The van der Waals surface area contributed by atoms with E-state index < -0.39 is 0 Å². The van der Waals surface area contributed by atoms with E-state index in [0.717, 1.165) is 11.1 Å². The average molecular weight is 506 g/mol. The maximum atomic E-state index is 13.1. The Balaban J connectivity index is 1.41. The molecule has 0 spiro atoms. The topological polar surface area (TPSA) is 109 Å². The summed E-state index contributed by atoms with van der Waals surface area (Å²) in [5.41, 5.74) is 2.99. The highest BCUT2D eigenvalue weighted by Crippen LogP contribution is 2.33. The van der Waals surface area contributed by atoms with Gasteiger partial charge in [0.2, 0.25) is 5.91 Å². The maximum Gasteiger partial charge on any atom is 0.274 e.